The average Bonchev–Trinajstić information content (AvgIpc) is 2.36. The third-order valence-electron chi connectivity index (χ3n) is 2.13. The van der Waals surface area contributed by atoms with E-state index in [1.807, 2.05) is 25.1 Å². The van der Waals surface area contributed by atoms with Crippen LogP contribution >= 0.6 is 0 Å². The first-order valence-corrected chi connectivity index (χ1v) is 4.12. The van der Waals surface area contributed by atoms with Crippen LogP contribution < -0.4 is 0 Å². The molecule has 0 amide bonds. The van der Waals surface area contributed by atoms with Crippen molar-refractivity contribution < 1.29 is 36.4 Å². The molecule has 0 radical (unpaired) electrons. The van der Waals surface area contributed by atoms with Gasteiger partial charge in [0.15, 0.2) is 0 Å². The standard InChI is InChI=1S/C9H10O.3CO.Cr/c1-9(10)6-7-4-2-3-5-8(7)9;3*1-2;/h2-5,10H,6H2,1H3;;;;/q;;;;+6. The SMILES string of the molecule is CC1(O)Cc2ccccc21.[C-]#[O+].[C-]#[O+].[C-]#[O+].[Cr+6]. The van der Waals surface area contributed by atoms with E-state index >= 15 is 0 Å². The van der Waals surface area contributed by atoms with E-state index < -0.39 is 5.60 Å². The van der Waals surface area contributed by atoms with E-state index in [0.29, 0.717) is 0 Å². The minimum Gasteiger partial charge on any atom is 6.00 e. The molecule has 1 N–H and O–H groups in total. The third kappa shape index (κ3) is 5.70. The van der Waals surface area contributed by atoms with Gasteiger partial charge in [-0.25, -0.2) is 0 Å². The summed E-state index contributed by atoms with van der Waals surface area (Å²) >= 11 is 0. The van der Waals surface area contributed by atoms with Crippen LogP contribution in [0.15, 0.2) is 24.3 Å². The van der Waals surface area contributed by atoms with Crippen LogP contribution in [0.3, 0.4) is 0 Å². The van der Waals surface area contributed by atoms with Gasteiger partial charge in [-0.1, -0.05) is 24.3 Å². The second-order valence-electron chi connectivity index (χ2n) is 3.11. The molecule has 4 nitrogen and oxygen atoms in total. The number of hydrogen-bond donors (Lipinski definition) is 1. The zero-order chi connectivity index (χ0) is 13.2. The van der Waals surface area contributed by atoms with Crippen LogP contribution in [-0.4, -0.2) is 5.11 Å². The maximum Gasteiger partial charge on any atom is 6.00 e. The van der Waals surface area contributed by atoms with E-state index in [0.717, 1.165) is 12.0 Å². The quantitative estimate of drug-likeness (QED) is 0.560. The molecule has 1 aliphatic carbocycles. The van der Waals surface area contributed by atoms with Gasteiger partial charge in [0, 0.05) is 6.42 Å². The maximum absolute atomic E-state index is 9.57. The van der Waals surface area contributed by atoms with Gasteiger partial charge in [-0.05, 0) is 18.1 Å². The number of rotatable bonds is 0. The minimum atomic E-state index is -0.545. The van der Waals surface area contributed by atoms with Gasteiger partial charge in [-0.3, -0.25) is 0 Å². The van der Waals surface area contributed by atoms with Gasteiger partial charge in [0.05, 0.1) is 5.60 Å². The summed E-state index contributed by atoms with van der Waals surface area (Å²) in [6.07, 6.45) is 0.809. The van der Waals surface area contributed by atoms with Crippen LogP contribution in [0.1, 0.15) is 18.1 Å². The van der Waals surface area contributed by atoms with E-state index in [2.05, 4.69) is 26.0 Å². The van der Waals surface area contributed by atoms with Crippen molar-refractivity contribution in [2.24, 2.45) is 0 Å². The van der Waals surface area contributed by atoms with Gasteiger partial charge in [0.1, 0.15) is 0 Å². The van der Waals surface area contributed by atoms with Crippen molar-refractivity contribution in [2.45, 2.75) is 18.9 Å². The summed E-state index contributed by atoms with van der Waals surface area (Å²) in [5.74, 6) is 0. The molecule has 1 unspecified atom stereocenters. The summed E-state index contributed by atoms with van der Waals surface area (Å²) in [5.41, 5.74) is 1.83. The fourth-order valence-electron chi connectivity index (χ4n) is 1.56. The number of hydrogen-bond acceptors (Lipinski definition) is 1. The predicted octanol–water partition coefficient (Wildman–Crippen LogP) is 1.34. The molecule has 1 aromatic rings. The first kappa shape index (κ1) is 21.2. The minimum absolute atomic E-state index is 0. The Kier molecular flexibility index (Phi) is 14.3. The maximum atomic E-state index is 9.57. The summed E-state index contributed by atoms with van der Waals surface area (Å²) < 4.78 is 22.5. The molecule has 0 saturated heterocycles. The Bertz CT molecular complexity index is 365. The fraction of sp³-hybridized carbons (Fsp3) is 0.250. The van der Waals surface area contributed by atoms with Crippen LogP contribution in [0.2, 0.25) is 0 Å². The van der Waals surface area contributed by atoms with Crippen molar-refractivity contribution in [3.63, 3.8) is 0 Å². The Morgan fingerprint density at radius 1 is 1.06 bits per heavy atom. The monoisotopic (exact) mass is 270 g/mol. The molecule has 0 bridgehead atoms. The molecule has 17 heavy (non-hydrogen) atoms. The largest absolute Gasteiger partial charge is 6.00 e. The molecule has 0 aliphatic heterocycles. The van der Waals surface area contributed by atoms with Crippen molar-refractivity contribution in [3.8, 4) is 0 Å². The molecule has 0 heterocycles. The Balaban J connectivity index is -0.000000248. The molecule has 1 aliphatic rings. The summed E-state index contributed by atoms with van der Waals surface area (Å²) in [5, 5.41) is 9.57. The van der Waals surface area contributed by atoms with E-state index in [1.54, 1.807) is 0 Å². The summed E-state index contributed by atoms with van der Waals surface area (Å²) in [6.45, 7) is 15.4. The zero-order valence-corrected chi connectivity index (χ0v) is 10.4. The normalized spacial score (nSPS) is 17.4. The topological polar surface area (TPSA) is 79.9 Å². The molecule has 0 aromatic heterocycles. The first-order chi connectivity index (χ1) is 7.70. The van der Waals surface area contributed by atoms with Crippen molar-refractivity contribution in [3.05, 3.63) is 55.3 Å². The van der Waals surface area contributed by atoms with E-state index in [1.165, 1.54) is 5.56 Å². The Morgan fingerprint density at radius 3 is 1.76 bits per heavy atom. The molecular weight excluding hydrogens is 260 g/mol. The summed E-state index contributed by atoms with van der Waals surface area (Å²) in [7, 11) is 0. The van der Waals surface area contributed by atoms with Crippen LogP contribution in [-0.2, 0) is 43.3 Å². The Morgan fingerprint density at radius 2 is 1.47 bits per heavy atom. The second kappa shape index (κ2) is 11.4. The molecule has 1 atom stereocenters. The van der Waals surface area contributed by atoms with Crippen molar-refractivity contribution in [1.29, 1.82) is 0 Å². The van der Waals surface area contributed by atoms with Crippen LogP contribution in [0, 0.1) is 20.0 Å². The predicted molar refractivity (Wildman–Crippen MR) is 51.5 cm³/mol. The number of fused-ring (bicyclic) bond motifs is 1. The van der Waals surface area contributed by atoms with Crippen LogP contribution in [0.25, 0.3) is 0 Å². The first-order valence-electron chi connectivity index (χ1n) is 4.12. The van der Waals surface area contributed by atoms with E-state index in [4.69, 9.17) is 14.0 Å². The average molecular weight is 270 g/mol. The summed E-state index contributed by atoms with van der Waals surface area (Å²) in [4.78, 5) is 0. The van der Waals surface area contributed by atoms with E-state index in [9.17, 15) is 5.11 Å². The van der Waals surface area contributed by atoms with Gasteiger partial charge < -0.3 is 5.11 Å². The molecule has 5 heteroatoms. The molecule has 0 spiro atoms. The molecular formula is C12H10CrO4+6. The Labute approximate surface area is 111 Å². The summed E-state index contributed by atoms with van der Waals surface area (Å²) in [6, 6.07) is 8.02. The molecule has 0 saturated carbocycles. The molecule has 0 fully saturated rings. The van der Waals surface area contributed by atoms with E-state index in [-0.39, 0.29) is 17.4 Å². The van der Waals surface area contributed by atoms with Gasteiger partial charge in [0.2, 0.25) is 0 Å². The molecule has 2 rings (SSSR count). The molecule has 82 valence electrons. The zero-order valence-electron chi connectivity index (χ0n) is 9.10. The number of aliphatic hydroxyl groups is 1. The van der Waals surface area contributed by atoms with Crippen LogP contribution in [0.5, 0.6) is 0 Å². The number of benzene rings is 1. The fourth-order valence-corrected chi connectivity index (χ4v) is 1.56. The third-order valence-corrected chi connectivity index (χ3v) is 2.13. The second-order valence-corrected chi connectivity index (χ2v) is 3.11. The van der Waals surface area contributed by atoms with Gasteiger partial charge in [-0.15, -0.1) is 0 Å². The van der Waals surface area contributed by atoms with Crippen LogP contribution in [0.4, 0.5) is 0 Å². The van der Waals surface area contributed by atoms with Crippen molar-refractivity contribution >= 4 is 0 Å². The molecule has 1 aromatic carbocycles. The smallest absolute Gasteiger partial charge is 6.00 e. The van der Waals surface area contributed by atoms with Gasteiger partial charge >= 0.3 is 51.3 Å². The van der Waals surface area contributed by atoms with Crippen molar-refractivity contribution in [1.82, 2.24) is 0 Å². The van der Waals surface area contributed by atoms with Gasteiger partial charge in [0.25, 0.3) is 0 Å². The van der Waals surface area contributed by atoms with Crippen molar-refractivity contribution in [2.75, 3.05) is 0 Å². The Hall–Kier alpha value is -1.07. The van der Waals surface area contributed by atoms with Gasteiger partial charge in [-0.2, -0.15) is 0 Å².